The predicted octanol–water partition coefficient (Wildman–Crippen LogP) is -0.201. The third-order valence-corrected chi connectivity index (χ3v) is 2.29. The van der Waals surface area contributed by atoms with E-state index in [9.17, 15) is 10.1 Å². The summed E-state index contributed by atoms with van der Waals surface area (Å²) in [7, 11) is 0. The van der Waals surface area contributed by atoms with E-state index in [-0.39, 0.29) is 12.4 Å². The Bertz CT molecular complexity index is 548. The molecule has 1 atom stereocenters. The number of aromatic nitrogens is 5. The van der Waals surface area contributed by atoms with Crippen LogP contribution in [0.4, 0.5) is 5.82 Å². The van der Waals surface area contributed by atoms with Crippen LogP contribution in [0.3, 0.4) is 0 Å². The highest BCUT2D eigenvalue weighted by Gasteiger charge is 2.12. The maximum absolute atomic E-state index is 10.5. The molecular weight excluding hydrogens is 240 g/mol. The van der Waals surface area contributed by atoms with E-state index in [1.54, 1.807) is 6.20 Å². The molecule has 0 bridgehead atoms. The quantitative estimate of drug-likeness (QED) is 0.581. The van der Waals surface area contributed by atoms with E-state index >= 15 is 0 Å². The van der Waals surface area contributed by atoms with Crippen molar-refractivity contribution in [3.63, 3.8) is 0 Å². The van der Waals surface area contributed by atoms with Crippen LogP contribution >= 0.6 is 0 Å². The third-order valence-electron chi connectivity index (χ3n) is 2.29. The van der Waals surface area contributed by atoms with Gasteiger partial charge in [0.05, 0.1) is 25.4 Å². The van der Waals surface area contributed by atoms with E-state index < -0.39 is 11.0 Å². The van der Waals surface area contributed by atoms with Crippen molar-refractivity contribution in [1.29, 1.82) is 0 Å². The maximum atomic E-state index is 10.5. The van der Waals surface area contributed by atoms with Gasteiger partial charge in [0.15, 0.2) is 0 Å². The van der Waals surface area contributed by atoms with Crippen molar-refractivity contribution in [3.05, 3.63) is 41.5 Å². The predicted molar refractivity (Wildman–Crippen MR) is 59.5 cm³/mol. The molecular formula is C9H11N6O3. The molecule has 2 heterocycles. The Balaban J connectivity index is 2.08. The zero-order chi connectivity index (χ0) is 13.1. The molecule has 9 heteroatoms. The second kappa shape index (κ2) is 4.92. The van der Waals surface area contributed by atoms with Crippen LogP contribution in [-0.2, 0) is 6.54 Å². The molecule has 9 nitrogen and oxygen atoms in total. The fourth-order valence-corrected chi connectivity index (χ4v) is 1.36. The summed E-state index contributed by atoms with van der Waals surface area (Å²) in [5.41, 5.74) is 0.601. The van der Waals surface area contributed by atoms with Gasteiger partial charge >= 0.3 is 5.82 Å². The largest absolute Gasteiger partial charge is 0.394 e. The lowest BCUT2D eigenvalue weighted by Crippen LogP contribution is -2.10. The number of aliphatic hydroxyl groups is 1. The summed E-state index contributed by atoms with van der Waals surface area (Å²) in [6, 6.07) is -0.400. The first kappa shape index (κ1) is 12.2. The number of aliphatic hydroxyl groups excluding tert-OH is 1. The molecule has 95 valence electrons. The van der Waals surface area contributed by atoms with Crippen LogP contribution < -0.4 is 0 Å². The summed E-state index contributed by atoms with van der Waals surface area (Å²) in [5, 5.41) is 27.1. The van der Waals surface area contributed by atoms with Gasteiger partial charge in [0, 0.05) is 0 Å². The van der Waals surface area contributed by atoms with E-state index in [4.69, 9.17) is 5.11 Å². The number of nitrogens with zero attached hydrogens (tertiary/aromatic N) is 6. The molecule has 0 aliphatic carbocycles. The summed E-state index contributed by atoms with van der Waals surface area (Å²) in [4.78, 5) is 13.5. The SMILES string of the molecule is [CH2]C(CO)n1cc(Cn2cnc([N+](=O)[O-])c2)nn1. The molecule has 2 aromatic heterocycles. The average Bonchev–Trinajstić information content (AvgIpc) is 2.98. The highest BCUT2D eigenvalue weighted by Crippen LogP contribution is 2.08. The number of rotatable bonds is 5. The summed E-state index contributed by atoms with van der Waals surface area (Å²) < 4.78 is 2.96. The van der Waals surface area contributed by atoms with Gasteiger partial charge in [-0.25, -0.2) is 4.68 Å². The number of hydrogen-bond donors (Lipinski definition) is 1. The molecule has 2 aromatic rings. The van der Waals surface area contributed by atoms with Crippen LogP contribution in [-0.4, -0.2) is 41.2 Å². The van der Waals surface area contributed by atoms with E-state index in [0.29, 0.717) is 12.2 Å². The van der Waals surface area contributed by atoms with Crippen molar-refractivity contribution >= 4 is 5.82 Å². The summed E-state index contributed by atoms with van der Waals surface area (Å²) >= 11 is 0. The zero-order valence-corrected chi connectivity index (χ0v) is 9.38. The molecule has 0 aliphatic heterocycles. The van der Waals surface area contributed by atoms with Crippen LogP contribution in [0.1, 0.15) is 11.7 Å². The van der Waals surface area contributed by atoms with Crippen molar-refractivity contribution < 1.29 is 10.0 Å². The number of nitro groups is 1. The summed E-state index contributed by atoms with van der Waals surface area (Å²) in [5.74, 6) is -0.215. The molecule has 0 aromatic carbocycles. The Kier molecular flexibility index (Phi) is 3.33. The molecule has 0 saturated carbocycles. The topological polar surface area (TPSA) is 112 Å². The fourth-order valence-electron chi connectivity index (χ4n) is 1.36. The van der Waals surface area contributed by atoms with Gasteiger partial charge in [-0.15, -0.1) is 5.10 Å². The normalized spacial score (nSPS) is 12.6. The molecule has 0 amide bonds. The average molecular weight is 251 g/mol. The highest BCUT2D eigenvalue weighted by atomic mass is 16.6. The van der Waals surface area contributed by atoms with E-state index in [2.05, 4.69) is 22.2 Å². The van der Waals surface area contributed by atoms with Gasteiger partial charge in [0.25, 0.3) is 0 Å². The van der Waals surface area contributed by atoms with Crippen LogP contribution in [0.5, 0.6) is 0 Å². The fraction of sp³-hybridized carbons (Fsp3) is 0.333. The Hall–Kier alpha value is -2.29. The standard InChI is InChI=1S/C9H11N6O3/c1-7(5-16)14-3-8(11-12-14)2-13-4-9(10-6-13)15(17)18/h3-4,6-7,16H,1-2,5H2. The summed E-state index contributed by atoms with van der Waals surface area (Å²) in [6.45, 7) is 3.86. The van der Waals surface area contributed by atoms with Gasteiger partial charge in [0.1, 0.15) is 11.9 Å². The second-order valence-electron chi connectivity index (χ2n) is 3.69. The maximum Gasteiger partial charge on any atom is 0.381 e. The van der Waals surface area contributed by atoms with Crippen molar-refractivity contribution in [2.45, 2.75) is 12.6 Å². The Morgan fingerprint density at radius 1 is 1.56 bits per heavy atom. The first-order chi connectivity index (χ1) is 8.60. The minimum atomic E-state index is -0.564. The number of hydrogen-bond acceptors (Lipinski definition) is 6. The molecule has 1 unspecified atom stereocenters. The lowest BCUT2D eigenvalue weighted by Gasteiger charge is -2.05. The summed E-state index contributed by atoms with van der Waals surface area (Å²) in [6.07, 6.45) is 4.29. The van der Waals surface area contributed by atoms with Gasteiger partial charge in [-0.2, -0.15) is 0 Å². The molecule has 0 aliphatic rings. The Morgan fingerprint density at radius 2 is 2.33 bits per heavy atom. The first-order valence-corrected chi connectivity index (χ1v) is 5.11. The molecule has 18 heavy (non-hydrogen) atoms. The number of imidazole rings is 1. The minimum Gasteiger partial charge on any atom is -0.394 e. The molecule has 0 fully saturated rings. The van der Waals surface area contributed by atoms with Crippen molar-refractivity contribution in [2.75, 3.05) is 6.61 Å². The van der Waals surface area contributed by atoms with Gasteiger partial charge in [-0.1, -0.05) is 5.21 Å². The zero-order valence-electron chi connectivity index (χ0n) is 9.38. The first-order valence-electron chi connectivity index (χ1n) is 5.11. The molecule has 1 N–H and O–H groups in total. The molecule has 0 saturated heterocycles. The van der Waals surface area contributed by atoms with Gasteiger partial charge in [-0.3, -0.25) is 0 Å². The van der Waals surface area contributed by atoms with Crippen molar-refractivity contribution in [2.24, 2.45) is 0 Å². The van der Waals surface area contributed by atoms with E-state index in [0.717, 1.165) is 0 Å². The van der Waals surface area contributed by atoms with Gasteiger partial charge in [-0.05, 0) is 16.8 Å². The highest BCUT2D eigenvalue weighted by molar-refractivity contribution is 5.13. The second-order valence-corrected chi connectivity index (χ2v) is 3.69. The van der Waals surface area contributed by atoms with Crippen LogP contribution in [0.15, 0.2) is 18.7 Å². The van der Waals surface area contributed by atoms with Crippen LogP contribution in [0.25, 0.3) is 0 Å². The smallest absolute Gasteiger partial charge is 0.381 e. The van der Waals surface area contributed by atoms with Crippen molar-refractivity contribution in [1.82, 2.24) is 24.5 Å². The molecule has 1 radical (unpaired) electrons. The Morgan fingerprint density at radius 3 is 2.94 bits per heavy atom. The van der Waals surface area contributed by atoms with Crippen molar-refractivity contribution in [3.8, 4) is 0 Å². The van der Waals surface area contributed by atoms with E-state index in [1.807, 2.05) is 0 Å². The lowest BCUT2D eigenvalue weighted by atomic mass is 10.4. The van der Waals surface area contributed by atoms with E-state index in [1.165, 1.54) is 21.8 Å². The molecule has 2 rings (SSSR count). The molecule has 0 spiro atoms. The van der Waals surface area contributed by atoms with Crippen LogP contribution in [0, 0.1) is 17.0 Å². The third kappa shape index (κ3) is 2.51. The minimum absolute atomic E-state index is 0.140. The van der Waals surface area contributed by atoms with Gasteiger partial charge < -0.3 is 19.8 Å². The van der Waals surface area contributed by atoms with Gasteiger partial charge in [0.2, 0.25) is 6.33 Å². The monoisotopic (exact) mass is 251 g/mol. The Labute approximate surface area is 102 Å². The lowest BCUT2D eigenvalue weighted by molar-refractivity contribution is -0.389. The van der Waals surface area contributed by atoms with Crippen LogP contribution in [0.2, 0.25) is 0 Å².